The summed E-state index contributed by atoms with van der Waals surface area (Å²) in [5.74, 6) is 0. The first-order chi connectivity index (χ1) is 9.51. The molecule has 0 aliphatic heterocycles. The molecule has 1 nitrogen and oxygen atoms in total. The fraction of sp³-hybridized carbons (Fsp3) is 0.333. The number of hydrogen-bond acceptors (Lipinski definition) is 2. The van der Waals surface area contributed by atoms with E-state index in [0.29, 0.717) is 0 Å². The standard InChI is InChI=1S/C15H16Br3NS/c1-3-4-19-15(13-8-14(18)20-9(13)2)10-5-11(16)7-12(17)6-10/h5-8,15,19H,3-4H2,1-2H3. The fourth-order valence-electron chi connectivity index (χ4n) is 2.18. The molecule has 0 saturated carbocycles. The molecule has 0 bridgehead atoms. The van der Waals surface area contributed by atoms with Gasteiger partial charge in [-0.25, -0.2) is 0 Å². The predicted octanol–water partition coefficient (Wildman–Crippen LogP) is 6.43. The number of rotatable bonds is 5. The van der Waals surface area contributed by atoms with Gasteiger partial charge in [0.1, 0.15) is 0 Å². The van der Waals surface area contributed by atoms with E-state index in [-0.39, 0.29) is 6.04 Å². The van der Waals surface area contributed by atoms with Gasteiger partial charge >= 0.3 is 0 Å². The molecule has 1 heterocycles. The van der Waals surface area contributed by atoms with E-state index in [9.17, 15) is 0 Å². The highest BCUT2D eigenvalue weighted by molar-refractivity contribution is 9.11. The van der Waals surface area contributed by atoms with Gasteiger partial charge in [-0.2, -0.15) is 0 Å². The lowest BCUT2D eigenvalue weighted by molar-refractivity contribution is 0.597. The molecule has 1 aromatic carbocycles. The third kappa shape index (κ3) is 4.17. The SMILES string of the molecule is CCCNC(c1cc(Br)cc(Br)c1)c1cc(Br)sc1C. The van der Waals surface area contributed by atoms with E-state index in [1.807, 2.05) is 0 Å². The molecule has 1 aromatic heterocycles. The van der Waals surface area contributed by atoms with Crippen molar-refractivity contribution >= 4 is 59.1 Å². The quantitative estimate of drug-likeness (QED) is 0.518. The first kappa shape index (κ1) is 16.7. The first-order valence-corrected chi connectivity index (χ1v) is 9.66. The van der Waals surface area contributed by atoms with Crippen LogP contribution in [0.3, 0.4) is 0 Å². The summed E-state index contributed by atoms with van der Waals surface area (Å²) >= 11 is 12.5. The van der Waals surface area contributed by atoms with Gasteiger partial charge in [0.25, 0.3) is 0 Å². The molecule has 1 unspecified atom stereocenters. The molecule has 0 radical (unpaired) electrons. The summed E-state index contributed by atoms with van der Waals surface area (Å²) in [6.45, 7) is 5.37. The molecule has 5 heteroatoms. The smallest absolute Gasteiger partial charge is 0.0704 e. The Morgan fingerprint density at radius 1 is 1.10 bits per heavy atom. The summed E-state index contributed by atoms with van der Waals surface area (Å²) in [7, 11) is 0. The highest BCUT2D eigenvalue weighted by Crippen LogP contribution is 2.35. The lowest BCUT2D eigenvalue weighted by Gasteiger charge is -2.20. The Balaban J connectivity index is 2.43. The average molecular weight is 482 g/mol. The van der Waals surface area contributed by atoms with Crippen LogP contribution in [0.4, 0.5) is 0 Å². The summed E-state index contributed by atoms with van der Waals surface area (Å²) in [6.07, 6.45) is 1.12. The molecule has 0 fully saturated rings. The molecule has 0 aliphatic carbocycles. The maximum Gasteiger partial charge on any atom is 0.0704 e. The van der Waals surface area contributed by atoms with E-state index < -0.39 is 0 Å². The maximum absolute atomic E-state index is 3.65. The Bertz CT molecular complexity index is 575. The van der Waals surface area contributed by atoms with E-state index >= 15 is 0 Å². The summed E-state index contributed by atoms with van der Waals surface area (Å²) in [6, 6.07) is 8.89. The van der Waals surface area contributed by atoms with Gasteiger partial charge < -0.3 is 5.32 Å². The minimum absolute atomic E-state index is 0.228. The van der Waals surface area contributed by atoms with Gasteiger partial charge in [-0.3, -0.25) is 0 Å². The Hall–Kier alpha value is 0.320. The second-order valence-electron chi connectivity index (χ2n) is 4.65. The van der Waals surface area contributed by atoms with Crippen LogP contribution in [0.25, 0.3) is 0 Å². The van der Waals surface area contributed by atoms with Crippen molar-refractivity contribution in [3.8, 4) is 0 Å². The van der Waals surface area contributed by atoms with E-state index in [4.69, 9.17) is 0 Å². The van der Waals surface area contributed by atoms with Gasteiger partial charge in [0.15, 0.2) is 0 Å². The number of hydrogen-bond donors (Lipinski definition) is 1. The topological polar surface area (TPSA) is 12.0 Å². The van der Waals surface area contributed by atoms with Crippen LogP contribution in [0.1, 0.15) is 35.4 Å². The van der Waals surface area contributed by atoms with Crippen LogP contribution < -0.4 is 5.32 Å². The van der Waals surface area contributed by atoms with Gasteiger partial charge in [0.2, 0.25) is 0 Å². The Morgan fingerprint density at radius 2 is 1.75 bits per heavy atom. The minimum Gasteiger partial charge on any atom is -0.306 e. The molecule has 0 aliphatic rings. The molecular weight excluding hydrogens is 466 g/mol. The summed E-state index contributed by atoms with van der Waals surface area (Å²) in [5.41, 5.74) is 2.62. The van der Waals surface area contributed by atoms with E-state index in [0.717, 1.165) is 21.9 Å². The van der Waals surface area contributed by atoms with Crippen molar-refractivity contribution in [3.05, 3.63) is 53.0 Å². The molecule has 108 valence electrons. The van der Waals surface area contributed by atoms with Crippen LogP contribution in [0.15, 0.2) is 37.0 Å². The molecule has 2 rings (SSSR count). The highest BCUT2D eigenvalue weighted by Gasteiger charge is 2.18. The molecule has 0 saturated heterocycles. The Labute approximate surface area is 149 Å². The zero-order valence-corrected chi connectivity index (χ0v) is 16.9. The molecule has 1 N–H and O–H groups in total. The highest BCUT2D eigenvalue weighted by atomic mass is 79.9. The van der Waals surface area contributed by atoms with Crippen molar-refractivity contribution < 1.29 is 0 Å². The number of nitrogens with one attached hydrogen (secondary N) is 1. The second-order valence-corrected chi connectivity index (χ2v) is 9.12. The number of halogens is 3. The third-order valence-electron chi connectivity index (χ3n) is 3.05. The van der Waals surface area contributed by atoms with Crippen molar-refractivity contribution in [1.82, 2.24) is 5.32 Å². The summed E-state index contributed by atoms with van der Waals surface area (Å²) in [5, 5.41) is 3.65. The summed E-state index contributed by atoms with van der Waals surface area (Å²) in [4.78, 5) is 1.35. The molecule has 1 atom stereocenters. The van der Waals surface area contributed by atoms with Crippen molar-refractivity contribution in [3.63, 3.8) is 0 Å². The van der Waals surface area contributed by atoms with Crippen molar-refractivity contribution in [2.75, 3.05) is 6.54 Å². The number of thiophene rings is 1. The normalized spacial score (nSPS) is 12.7. The average Bonchev–Trinajstić information content (AvgIpc) is 2.68. The lowest BCUT2D eigenvalue weighted by Crippen LogP contribution is -2.23. The molecule has 2 aromatic rings. The molecule has 0 spiro atoms. The van der Waals surface area contributed by atoms with Gasteiger partial charge in [-0.15, -0.1) is 11.3 Å². The zero-order chi connectivity index (χ0) is 14.7. The van der Waals surface area contributed by atoms with E-state index in [1.54, 1.807) is 11.3 Å². The third-order valence-corrected chi connectivity index (χ3v) is 5.54. The summed E-state index contributed by atoms with van der Waals surface area (Å²) < 4.78 is 3.37. The maximum atomic E-state index is 3.65. The molecule has 20 heavy (non-hydrogen) atoms. The predicted molar refractivity (Wildman–Crippen MR) is 98.7 cm³/mol. The number of aryl methyl sites for hydroxylation is 1. The number of benzene rings is 1. The van der Waals surface area contributed by atoms with E-state index in [2.05, 4.69) is 91.2 Å². The van der Waals surface area contributed by atoms with E-state index in [1.165, 1.54) is 19.8 Å². The van der Waals surface area contributed by atoms with Crippen LogP contribution in [0, 0.1) is 6.92 Å². The van der Waals surface area contributed by atoms with Crippen molar-refractivity contribution in [2.45, 2.75) is 26.3 Å². The van der Waals surface area contributed by atoms with Crippen molar-refractivity contribution in [1.29, 1.82) is 0 Å². The van der Waals surface area contributed by atoms with Crippen LogP contribution in [-0.4, -0.2) is 6.54 Å². The first-order valence-electron chi connectivity index (χ1n) is 6.46. The lowest BCUT2D eigenvalue weighted by atomic mass is 9.99. The second kappa shape index (κ2) is 7.54. The molecular formula is C15H16Br3NS. The van der Waals surface area contributed by atoms with Gasteiger partial charge in [-0.1, -0.05) is 38.8 Å². The Kier molecular flexibility index (Phi) is 6.29. The minimum atomic E-state index is 0.228. The van der Waals surface area contributed by atoms with Crippen molar-refractivity contribution in [2.24, 2.45) is 0 Å². The van der Waals surface area contributed by atoms with Crippen LogP contribution >= 0.6 is 59.1 Å². The van der Waals surface area contributed by atoms with Gasteiger partial charge in [-0.05, 0) is 71.2 Å². The van der Waals surface area contributed by atoms with Gasteiger partial charge in [0, 0.05) is 13.8 Å². The van der Waals surface area contributed by atoms with Crippen LogP contribution in [-0.2, 0) is 0 Å². The van der Waals surface area contributed by atoms with Crippen LogP contribution in [0.5, 0.6) is 0 Å². The monoisotopic (exact) mass is 479 g/mol. The van der Waals surface area contributed by atoms with Crippen LogP contribution in [0.2, 0.25) is 0 Å². The fourth-order valence-corrected chi connectivity index (χ4v) is 5.26. The zero-order valence-electron chi connectivity index (χ0n) is 11.3. The Morgan fingerprint density at radius 3 is 2.25 bits per heavy atom. The largest absolute Gasteiger partial charge is 0.306 e. The molecule has 0 amide bonds. The van der Waals surface area contributed by atoms with Gasteiger partial charge in [0.05, 0.1) is 9.83 Å².